The summed E-state index contributed by atoms with van der Waals surface area (Å²) in [5, 5.41) is 10.4. The molecule has 5 heteroatoms. The van der Waals surface area contributed by atoms with Crippen molar-refractivity contribution in [2.24, 2.45) is 0 Å². The van der Waals surface area contributed by atoms with Gasteiger partial charge in [0.1, 0.15) is 0 Å². The highest BCUT2D eigenvalue weighted by Gasteiger charge is 2.16. The molecule has 0 fully saturated rings. The Bertz CT molecular complexity index is 312. The number of aryl methyl sites for hydroxylation is 2. The molecule has 0 aromatic carbocycles. The first-order valence-electron chi connectivity index (χ1n) is 3.40. The summed E-state index contributed by atoms with van der Waals surface area (Å²) in [6, 6.07) is 1.63. The Kier molecular flexibility index (Phi) is 1.95. The molecule has 1 aromatic heterocycles. The standard InChI is InChI=1S/C7H9N3O2/c1-4-3-5(2)9-7(8)6(4)10(11)12/h3H,1-2H3,(H2,8,9). The molecule has 0 aliphatic carbocycles. The lowest BCUT2D eigenvalue weighted by atomic mass is 10.2. The van der Waals surface area contributed by atoms with Gasteiger partial charge in [0.25, 0.3) is 0 Å². The minimum absolute atomic E-state index is 0.0162. The van der Waals surface area contributed by atoms with Crippen LogP contribution < -0.4 is 5.73 Å². The van der Waals surface area contributed by atoms with Crippen molar-refractivity contribution in [2.45, 2.75) is 13.8 Å². The van der Waals surface area contributed by atoms with Crippen LogP contribution in [0.3, 0.4) is 0 Å². The number of hydrogen-bond acceptors (Lipinski definition) is 4. The van der Waals surface area contributed by atoms with E-state index < -0.39 is 4.92 Å². The summed E-state index contributed by atoms with van der Waals surface area (Å²) in [5.41, 5.74) is 6.51. The maximum Gasteiger partial charge on any atom is 0.314 e. The van der Waals surface area contributed by atoms with E-state index in [1.54, 1.807) is 19.9 Å². The van der Waals surface area contributed by atoms with E-state index in [1.807, 2.05) is 0 Å². The third-order valence-electron chi connectivity index (χ3n) is 1.52. The van der Waals surface area contributed by atoms with Crippen LogP contribution in [-0.2, 0) is 0 Å². The summed E-state index contributed by atoms with van der Waals surface area (Å²) >= 11 is 0. The maximum absolute atomic E-state index is 10.4. The molecule has 1 rings (SSSR count). The number of hydrogen-bond donors (Lipinski definition) is 1. The molecular formula is C7H9N3O2. The van der Waals surface area contributed by atoms with E-state index in [2.05, 4.69) is 4.98 Å². The van der Waals surface area contributed by atoms with Crippen molar-refractivity contribution < 1.29 is 4.92 Å². The normalized spacial score (nSPS) is 9.83. The average molecular weight is 167 g/mol. The van der Waals surface area contributed by atoms with Crippen molar-refractivity contribution in [3.63, 3.8) is 0 Å². The van der Waals surface area contributed by atoms with Gasteiger partial charge in [0.05, 0.1) is 4.92 Å². The van der Waals surface area contributed by atoms with Crippen LogP contribution >= 0.6 is 0 Å². The van der Waals surface area contributed by atoms with Gasteiger partial charge in [-0.1, -0.05) is 0 Å². The van der Waals surface area contributed by atoms with E-state index in [0.29, 0.717) is 11.3 Å². The van der Waals surface area contributed by atoms with E-state index in [1.165, 1.54) is 0 Å². The Hall–Kier alpha value is -1.65. The molecule has 1 aromatic rings. The lowest BCUT2D eigenvalue weighted by molar-refractivity contribution is -0.384. The predicted octanol–water partition coefficient (Wildman–Crippen LogP) is 1.19. The predicted molar refractivity (Wildman–Crippen MR) is 44.8 cm³/mol. The van der Waals surface area contributed by atoms with Crippen LogP contribution in [0.15, 0.2) is 6.07 Å². The molecule has 1 heterocycles. The van der Waals surface area contributed by atoms with Crippen LogP contribution in [0.2, 0.25) is 0 Å². The SMILES string of the molecule is Cc1cc(C)c([N+](=O)[O-])c(N)n1. The van der Waals surface area contributed by atoms with Crippen LogP contribution in [0.4, 0.5) is 11.5 Å². The molecule has 0 unspecified atom stereocenters. The molecule has 0 amide bonds. The topological polar surface area (TPSA) is 82.0 Å². The summed E-state index contributed by atoms with van der Waals surface area (Å²) in [5.74, 6) is -0.0162. The van der Waals surface area contributed by atoms with Gasteiger partial charge < -0.3 is 5.73 Å². The molecule has 0 aliphatic heterocycles. The third-order valence-corrected chi connectivity index (χ3v) is 1.52. The Balaban J connectivity index is 3.38. The number of aromatic nitrogens is 1. The molecule has 0 saturated heterocycles. The van der Waals surface area contributed by atoms with Crippen LogP contribution in [-0.4, -0.2) is 9.91 Å². The third kappa shape index (κ3) is 1.34. The highest BCUT2D eigenvalue weighted by molar-refractivity contribution is 5.57. The first-order valence-corrected chi connectivity index (χ1v) is 3.40. The Labute approximate surface area is 69.4 Å². The molecule has 0 saturated carbocycles. The highest BCUT2D eigenvalue weighted by atomic mass is 16.6. The van der Waals surface area contributed by atoms with Gasteiger partial charge in [-0.3, -0.25) is 10.1 Å². The van der Waals surface area contributed by atoms with Gasteiger partial charge in [-0.2, -0.15) is 0 Å². The Morgan fingerprint density at radius 1 is 1.58 bits per heavy atom. The number of nitrogens with two attached hydrogens (primary N) is 1. The first kappa shape index (κ1) is 8.45. The quantitative estimate of drug-likeness (QED) is 0.503. The van der Waals surface area contributed by atoms with Crippen molar-refractivity contribution in [1.29, 1.82) is 0 Å². The van der Waals surface area contributed by atoms with Crippen LogP contribution in [0.1, 0.15) is 11.3 Å². The second kappa shape index (κ2) is 2.77. The van der Waals surface area contributed by atoms with Gasteiger partial charge >= 0.3 is 5.69 Å². The summed E-state index contributed by atoms with van der Waals surface area (Å²) in [7, 11) is 0. The van der Waals surface area contributed by atoms with Gasteiger partial charge in [-0.15, -0.1) is 0 Å². The van der Waals surface area contributed by atoms with Crippen LogP contribution in [0, 0.1) is 24.0 Å². The Morgan fingerprint density at radius 2 is 2.17 bits per heavy atom. The Morgan fingerprint density at radius 3 is 2.58 bits per heavy atom. The lowest BCUT2D eigenvalue weighted by Crippen LogP contribution is -2.01. The lowest BCUT2D eigenvalue weighted by Gasteiger charge is -2.00. The van der Waals surface area contributed by atoms with Crippen molar-refractivity contribution in [3.05, 3.63) is 27.4 Å². The molecule has 0 aliphatic rings. The number of rotatable bonds is 1. The van der Waals surface area contributed by atoms with Crippen LogP contribution in [0.25, 0.3) is 0 Å². The number of nitrogens with zero attached hydrogens (tertiary/aromatic N) is 2. The fourth-order valence-corrected chi connectivity index (χ4v) is 1.10. The van der Waals surface area contributed by atoms with E-state index in [0.717, 1.165) is 0 Å². The monoisotopic (exact) mass is 167 g/mol. The maximum atomic E-state index is 10.4. The zero-order chi connectivity index (χ0) is 9.30. The smallest absolute Gasteiger partial charge is 0.314 e. The van der Waals surface area contributed by atoms with Crippen LogP contribution in [0.5, 0.6) is 0 Å². The summed E-state index contributed by atoms with van der Waals surface area (Å²) in [4.78, 5) is 13.7. The van der Waals surface area contributed by atoms with E-state index in [-0.39, 0.29) is 11.5 Å². The van der Waals surface area contributed by atoms with Crippen molar-refractivity contribution in [2.75, 3.05) is 5.73 Å². The molecule has 0 radical (unpaired) electrons. The largest absolute Gasteiger partial charge is 0.378 e. The zero-order valence-electron chi connectivity index (χ0n) is 6.87. The molecule has 5 nitrogen and oxygen atoms in total. The highest BCUT2D eigenvalue weighted by Crippen LogP contribution is 2.23. The number of nitrogen functional groups attached to an aromatic ring is 1. The number of pyridine rings is 1. The van der Waals surface area contributed by atoms with Gasteiger partial charge in [-0.05, 0) is 19.9 Å². The second-order valence-corrected chi connectivity index (χ2v) is 2.57. The molecule has 64 valence electrons. The molecule has 0 atom stereocenters. The minimum atomic E-state index is -0.517. The van der Waals surface area contributed by atoms with Gasteiger partial charge in [0.2, 0.25) is 5.82 Å². The molecule has 0 bridgehead atoms. The number of nitro groups is 1. The summed E-state index contributed by atoms with van der Waals surface area (Å²) in [6.07, 6.45) is 0. The summed E-state index contributed by atoms with van der Waals surface area (Å²) < 4.78 is 0. The molecule has 12 heavy (non-hydrogen) atoms. The molecule has 0 spiro atoms. The van der Waals surface area contributed by atoms with Gasteiger partial charge in [-0.25, -0.2) is 4.98 Å². The van der Waals surface area contributed by atoms with Crippen molar-refractivity contribution in [3.8, 4) is 0 Å². The van der Waals surface area contributed by atoms with Gasteiger partial charge in [0, 0.05) is 11.3 Å². The fraction of sp³-hybridized carbons (Fsp3) is 0.286. The fourth-order valence-electron chi connectivity index (χ4n) is 1.10. The van der Waals surface area contributed by atoms with Gasteiger partial charge in [0.15, 0.2) is 0 Å². The van der Waals surface area contributed by atoms with E-state index in [4.69, 9.17) is 5.73 Å². The molecular weight excluding hydrogens is 158 g/mol. The van der Waals surface area contributed by atoms with Crippen molar-refractivity contribution >= 4 is 11.5 Å². The summed E-state index contributed by atoms with van der Waals surface area (Å²) in [6.45, 7) is 3.39. The number of anilines is 1. The second-order valence-electron chi connectivity index (χ2n) is 2.57. The molecule has 2 N–H and O–H groups in total. The first-order chi connectivity index (χ1) is 5.52. The zero-order valence-corrected chi connectivity index (χ0v) is 6.87. The minimum Gasteiger partial charge on any atom is -0.378 e. The van der Waals surface area contributed by atoms with E-state index in [9.17, 15) is 10.1 Å². The van der Waals surface area contributed by atoms with Crippen molar-refractivity contribution in [1.82, 2.24) is 4.98 Å². The average Bonchev–Trinajstić information content (AvgIpc) is 1.82. The van der Waals surface area contributed by atoms with E-state index >= 15 is 0 Å².